The Hall–Kier alpha value is -1.55. The van der Waals surface area contributed by atoms with Gasteiger partial charge in [-0.05, 0) is 44.2 Å². The van der Waals surface area contributed by atoms with Crippen LogP contribution in [0.25, 0.3) is 0 Å². The van der Waals surface area contributed by atoms with Crippen LogP contribution in [-0.4, -0.2) is 18.2 Å². The fourth-order valence-electron chi connectivity index (χ4n) is 2.78. The minimum Gasteiger partial charge on any atom is -0.443 e. The normalized spacial score (nSPS) is 17.3. The molecule has 0 spiro atoms. The van der Waals surface area contributed by atoms with Crippen LogP contribution in [0.3, 0.4) is 0 Å². The molecule has 1 fully saturated rings. The molecule has 1 saturated carbocycles. The van der Waals surface area contributed by atoms with Gasteiger partial charge in [-0.25, -0.2) is 4.79 Å². The number of ether oxygens (including phenoxy) is 1. The van der Waals surface area contributed by atoms with Crippen molar-refractivity contribution >= 4 is 6.09 Å². The number of hydrogen-bond donors (Lipinski definition) is 2. The molecular weight excluding hydrogens is 240 g/mol. The number of amides is 1. The summed E-state index contributed by atoms with van der Waals surface area (Å²) in [5.74, 6) is 0. The molecule has 0 aliphatic heterocycles. The third kappa shape index (κ3) is 4.24. The van der Waals surface area contributed by atoms with Gasteiger partial charge in [0, 0.05) is 6.54 Å². The Morgan fingerprint density at radius 3 is 2.58 bits per heavy atom. The number of benzene rings is 1. The maximum Gasteiger partial charge on any atom is 0.405 e. The fraction of sp³-hybridized carbons (Fsp3) is 0.533. The van der Waals surface area contributed by atoms with E-state index in [0.717, 1.165) is 45.2 Å². The van der Waals surface area contributed by atoms with E-state index in [2.05, 4.69) is 17.4 Å². The Labute approximate surface area is 114 Å². The molecule has 1 aromatic carbocycles. The molecule has 4 nitrogen and oxygen atoms in total. The van der Waals surface area contributed by atoms with E-state index in [1.807, 2.05) is 18.2 Å². The highest BCUT2D eigenvalue weighted by Gasteiger charge is 2.36. The maximum atomic E-state index is 11.0. The summed E-state index contributed by atoms with van der Waals surface area (Å²) in [5.41, 5.74) is 6.11. The van der Waals surface area contributed by atoms with Crippen molar-refractivity contribution in [3.63, 3.8) is 0 Å². The van der Waals surface area contributed by atoms with Crippen LogP contribution in [0.15, 0.2) is 30.3 Å². The van der Waals surface area contributed by atoms with Gasteiger partial charge in [0.2, 0.25) is 0 Å². The summed E-state index contributed by atoms with van der Waals surface area (Å²) >= 11 is 0. The zero-order valence-corrected chi connectivity index (χ0v) is 11.2. The van der Waals surface area contributed by atoms with Crippen molar-refractivity contribution in [2.75, 3.05) is 6.54 Å². The molecule has 1 aliphatic rings. The molecule has 0 atom stereocenters. The Bertz CT molecular complexity index is 400. The van der Waals surface area contributed by atoms with E-state index in [4.69, 9.17) is 10.5 Å². The Morgan fingerprint density at radius 2 is 1.95 bits per heavy atom. The SMILES string of the molecule is NC(=O)OC1(CCNCc2ccccc2)CCCC1. The molecule has 0 unspecified atom stereocenters. The minimum absolute atomic E-state index is 0.324. The van der Waals surface area contributed by atoms with Gasteiger partial charge in [0.1, 0.15) is 5.60 Å². The van der Waals surface area contributed by atoms with E-state index in [1.165, 1.54) is 5.56 Å². The highest BCUT2D eigenvalue weighted by molar-refractivity contribution is 5.65. The average molecular weight is 262 g/mol. The van der Waals surface area contributed by atoms with E-state index in [0.29, 0.717) is 0 Å². The molecule has 0 saturated heterocycles. The second kappa shape index (κ2) is 6.57. The molecule has 0 bridgehead atoms. The highest BCUT2D eigenvalue weighted by atomic mass is 16.6. The summed E-state index contributed by atoms with van der Waals surface area (Å²) in [5, 5.41) is 3.39. The van der Waals surface area contributed by atoms with Gasteiger partial charge in [0.25, 0.3) is 0 Å². The summed E-state index contributed by atoms with van der Waals surface area (Å²) in [6, 6.07) is 10.3. The predicted octanol–water partition coefficient (Wildman–Crippen LogP) is 2.57. The average Bonchev–Trinajstić information content (AvgIpc) is 2.84. The topological polar surface area (TPSA) is 64.4 Å². The van der Waals surface area contributed by atoms with Crippen molar-refractivity contribution in [3.05, 3.63) is 35.9 Å². The molecule has 19 heavy (non-hydrogen) atoms. The molecule has 4 heteroatoms. The van der Waals surface area contributed by atoms with Crippen LogP contribution >= 0.6 is 0 Å². The van der Waals surface area contributed by atoms with Crippen molar-refractivity contribution < 1.29 is 9.53 Å². The van der Waals surface area contributed by atoms with Crippen LogP contribution in [0, 0.1) is 0 Å². The lowest BCUT2D eigenvalue weighted by molar-refractivity contribution is 0.0153. The van der Waals surface area contributed by atoms with Crippen molar-refractivity contribution in [2.45, 2.75) is 44.2 Å². The molecule has 2 rings (SSSR count). The number of carbonyl (C=O) groups is 1. The van der Waals surface area contributed by atoms with E-state index < -0.39 is 6.09 Å². The Kier molecular flexibility index (Phi) is 4.80. The molecule has 0 heterocycles. The lowest BCUT2D eigenvalue weighted by atomic mass is 9.97. The second-order valence-electron chi connectivity index (χ2n) is 5.22. The van der Waals surface area contributed by atoms with Crippen molar-refractivity contribution in [3.8, 4) is 0 Å². The number of nitrogens with one attached hydrogen (secondary N) is 1. The van der Waals surface area contributed by atoms with Gasteiger partial charge < -0.3 is 15.8 Å². The number of rotatable bonds is 6. The van der Waals surface area contributed by atoms with Gasteiger partial charge in [-0.3, -0.25) is 0 Å². The molecular formula is C15H22N2O2. The van der Waals surface area contributed by atoms with Gasteiger partial charge in [-0.2, -0.15) is 0 Å². The lowest BCUT2D eigenvalue weighted by Gasteiger charge is -2.28. The first-order chi connectivity index (χ1) is 9.20. The lowest BCUT2D eigenvalue weighted by Crippen LogP contribution is -2.37. The minimum atomic E-state index is -0.648. The van der Waals surface area contributed by atoms with Crippen molar-refractivity contribution in [1.29, 1.82) is 0 Å². The highest BCUT2D eigenvalue weighted by Crippen LogP contribution is 2.35. The smallest absolute Gasteiger partial charge is 0.405 e. The van der Waals surface area contributed by atoms with Gasteiger partial charge >= 0.3 is 6.09 Å². The van der Waals surface area contributed by atoms with Gasteiger partial charge in [-0.1, -0.05) is 30.3 Å². The summed E-state index contributed by atoms with van der Waals surface area (Å²) in [4.78, 5) is 11.0. The third-order valence-corrected chi connectivity index (χ3v) is 3.76. The Morgan fingerprint density at radius 1 is 1.26 bits per heavy atom. The van der Waals surface area contributed by atoms with E-state index in [1.54, 1.807) is 0 Å². The van der Waals surface area contributed by atoms with Gasteiger partial charge in [-0.15, -0.1) is 0 Å². The standard InChI is InChI=1S/C15H22N2O2/c16-14(18)19-15(8-4-5-9-15)10-11-17-12-13-6-2-1-3-7-13/h1-3,6-7,17H,4-5,8-12H2,(H2,16,18). The molecule has 3 N–H and O–H groups in total. The maximum absolute atomic E-state index is 11.0. The number of nitrogens with two attached hydrogens (primary N) is 1. The first-order valence-corrected chi connectivity index (χ1v) is 6.93. The van der Waals surface area contributed by atoms with E-state index in [9.17, 15) is 4.79 Å². The van der Waals surface area contributed by atoms with Crippen LogP contribution in [0.4, 0.5) is 4.79 Å². The third-order valence-electron chi connectivity index (χ3n) is 3.76. The van der Waals surface area contributed by atoms with Crippen LogP contribution in [0.5, 0.6) is 0 Å². The molecule has 0 aromatic heterocycles. The predicted molar refractivity (Wildman–Crippen MR) is 74.6 cm³/mol. The summed E-state index contributed by atoms with van der Waals surface area (Å²) in [7, 11) is 0. The zero-order chi connectivity index (χ0) is 13.6. The largest absolute Gasteiger partial charge is 0.443 e. The van der Waals surface area contributed by atoms with Crippen LogP contribution in [0.2, 0.25) is 0 Å². The summed E-state index contributed by atoms with van der Waals surface area (Å²) in [6.45, 7) is 1.68. The first kappa shape index (κ1) is 13.9. The van der Waals surface area contributed by atoms with Crippen molar-refractivity contribution in [1.82, 2.24) is 5.32 Å². The summed E-state index contributed by atoms with van der Waals surface area (Å²) < 4.78 is 5.35. The number of hydrogen-bond acceptors (Lipinski definition) is 3. The van der Waals surface area contributed by atoms with E-state index >= 15 is 0 Å². The first-order valence-electron chi connectivity index (χ1n) is 6.93. The van der Waals surface area contributed by atoms with Crippen LogP contribution in [0.1, 0.15) is 37.7 Å². The van der Waals surface area contributed by atoms with Gasteiger partial charge in [0.15, 0.2) is 0 Å². The molecule has 1 aromatic rings. The monoisotopic (exact) mass is 262 g/mol. The Balaban J connectivity index is 1.75. The van der Waals surface area contributed by atoms with Gasteiger partial charge in [0.05, 0.1) is 0 Å². The molecule has 104 valence electrons. The zero-order valence-electron chi connectivity index (χ0n) is 11.2. The van der Waals surface area contributed by atoms with Crippen molar-refractivity contribution in [2.24, 2.45) is 5.73 Å². The fourth-order valence-corrected chi connectivity index (χ4v) is 2.78. The molecule has 1 aliphatic carbocycles. The number of carbonyl (C=O) groups excluding carboxylic acids is 1. The summed E-state index contributed by atoms with van der Waals surface area (Å²) in [6.07, 6.45) is 4.29. The quantitative estimate of drug-likeness (QED) is 0.774. The van der Waals surface area contributed by atoms with E-state index in [-0.39, 0.29) is 5.60 Å². The molecule has 1 amide bonds. The van der Waals surface area contributed by atoms with Crippen LogP contribution in [-0.2, 0) is 11.3 Å². The second-order valence-corrected chi connectivity index (χ2v) is 5.22. The number of primary amides is 1. The van der Waals surface area contributed by atoms with Crippen LogP contribution < -0.4 is 11.1 Å². The molecule has 0 radical (unpaired) electrons.